The highest BCUT2D eigenvalue weighted by atomic mass is 32.1. The molecule has 5 heteroatoms. The molecule has 3 aromatic carbocycles. The molecular weight excluding hydrogens is 347 g/mol. The van der Waals surface area contributed by atoms with Crippen molar-refractivity contribution >= 4 is 33.1 Å². The molecule has 0 fully saturated rings. The summed E-state index contributed by atoms with van der Waals surface area (Å²) in [6, 6.07) is 20.2. The molecule has 4 rings (SSSR count). The number of aromatic nitrogens is 1. The van der Waals surface area contributed by atoms with E-state index in [4.69, 9.17) is 0 Å². The molecule has 0 bridgehead atoms. The Morgan fingerprint density at radius 2 is 1.77 bits per heavy atom. The summed E-state index contributed by atoms with van der Waals surface area (Å²) in [4.78, 5) is 16.7. The van der Waals surface area contributed by atoms with Crippen LogP contribution in [0, 0.1) is 5.82 Å². The number of rotatable bonds is 4. The average Bonchev–Trinajstić information content (AvgIpc) is 3.11. The normalized spacial score (nSPS) is 10.8. The van der Waals surface area contributed by atoms with Gasteiger partial charge in [-0.3, -0.25) is 4.79 Å². The van der Waals surface area contributed by atoms with Crippen molar-refractivity contribution in [1.82, 2.24) is 4.98 Å². The van der Waals surface area contributed by atoms with Gasteiger partial charge >= 0.3 is 0 Å². The van der Waals surface area contributed by atoms with Crippen LogP contribution in [0.2, 0.25) is 0 Å². The second kappa shape index (κ2) is 7.06. The summed E-state index contributed by atoms with van der Waals surface area (Å²) in [5.74, 6) is -0.482. The van der Waals surface area contributed by atoms with Gasteiger partial charge in [0, 0.05) is 10.9 Å². The zero-order chi connectivity index (χ0) is 17.9. The van der Waals surface area contributed by atoms with Gasteiger partial charge < -0.3 is 5.32 Å². The zero-order valence-corrected chi connectivity index (χ0v) is 14.6. The molecule has 0 aliphatic heterocycles. The SMILES string of the molecule is O=C(Cc1ccc(F)cc1)Nc1nc(-c2cccc3ccccc23)cs1. The Balaban J connectivity index is 1.52. The van der Waals surface area contributed by atoms with E-state index in [1.807, 2.05) is 29.6 Å². The molecule has 4 aromatic rings. The second-order valence-electron chi connectivity index (χ2n) is 5.92. The van der Waals surface area contributed by atoms with E-state index in [1.54, 1.807) is 12.1 Å². The summed E-state index contributed by atoms with van der Waals surface area (Å²) in [5.41, 5.74) is 2.64. The molecule has 0 radical (unpaired) electrons. The third kappa shape index (κ3) is 3.48. The highest BCUT2D eigenvalue weighted by Crippen LogP contribution is 2.30. The summed E-state index contributed by atoms with van der Waals surface area (Å²) in [5, 5.41) is 7.60. The predicted octanol–water partition coefficient (Wildman–Crippen LogP) is 5.28. The number of benzene rings is 3. The number of amides is 1. The predicted molar refractivity (Wildman–Crippen MR) is 104 cm³/mol. The fourth-order valence-electron chi connectivity index (χ4n) is 2.85. The average molecular weight is 362 g/mol. The Labute approximate surface area is 154 Å². The summed E-state index contributed by atoms with van der Waals surface area (Å²) in [6.07, 6.45) is 0.184. The van der Waals surface area contributed by atoms with Gasteiger partial charge in [0.2, 0.25) is 5.91 Å². The van der Waals surface area contributed by atoms with Crippen LogP contribution in [0.25, 0.3) is 22.0 Å². The number of hydrogen-bond donors (Lipinski definition) is 1. The Morgan fingerprint density at radius 3 is 2.62 bits per heavy atom. The molecule has 0 spiro atoms. The Morgan fingerprint density at radius 1 is 1.00 bits per heavy atom. The lowest BCUT2D eigenvalue weighted by Gasteiger charge is -2.04. The lowest BCUT2D eigenvalue weighted by atomic mass is 10.0. The third-order valence-corrected chi connectivity index (χ3v) is 4.85. The van der Waals surface area contributed by atoms with Crippen molar-refractivity contribution in [3.05, 3.63) is 83.5 Å². The maximum Gasteiger partial charge on any atom is 0.230 e. The molecule has 1 amide bonds. The van der Waals surface area contributed by atoms with E-state index < -0.39 is 0 Å². The van der Waals surface area contributed by atoms with Crippen LogP contribution in [0.1, 0.15) is 5.56 Å². The van der Waals surface area contributed by atoms with Crippen molar-refractivity contribution in [3.8, 4) is 11.3 Å². The Bertz CT molecular complexity index is 1070. The molecular formula is C21H15FN2OS. The minimum Gasteiger partial charge on any atom is -0.302 e. The van der Waals surface area contributed by atoms with Crippen LogP contribution in [-0.2, 0) is 11.2 Å². The summed E-state index contributed by atoms with van der Waals surface area (Å²) >= 11 is 1.39. The van der Waals surface area contributed by atoms with E-state index in [0.29, 0.717) is 5.13 Å². The van der Waals surface area contributed by atoms with E-state index in [9.17, 15) is 9.18 Å². The Kier molecular flexibility index (Phi) is 4.46. The molecule has 1 N–H and O–H groups in total. The van der Waals surface area contributed by atoms with E-state index in [1.165, 1.54) is 23.5 Å². The molecule has 0 unspecified atom stereocenters. The number of carbonyl (C=O) groups is 1. The van der Waals surface area contributed by atoms with Gasteiger partial charge in [0.05, 0.1) is 12.1 Å². The van der Waals surface area contributed by atoms with E-state index in [2.05, 4.69) is 28.5 Å². The van der Waals surface area contributed by atoms with Gasteiger partial charge in [0.1, 0.15) is 5.82 Å². The third-order valence-electron chi connectivity index (χ3n) is 4.09. The van der Waals surface area contributed by atoms with Crippen LogP contribution in [0.5, 0.6) is 0 Å². The minimum atomic E-state index is -0.311. The highest BCUT2D eigenvalue weighted by Gasteiger charge is 2.11. The lowest BCUT2D eigenvalue weighted by molar-refractivity contribution is -0.115. The van der Waals surface area contributed by atoms with E-state index in [-0.39, 0.29) is 18.1 Å². The quantitative estimate of drug-likeness (QED) is 0.536. The molecule has 1 aromatic heterocycles. The molecule has 1 heterocycles. The summed E-state index contributed by atoms with van der Waals surface area (Å²) in [7, 11) is 0. The fraction of sp³-hybridized carbons (Fsp3) is 0.0476. The van der Waals surface area contributed by atoms with Crippen molar-refractivity contribution < 1.29 is 9.18 Å². The number of nitrogens with zero attached hydrogens (tertiary/aromatic N) is 1. The maximum atomic E-state index is 12.9. The molecule has 0 atom stereocenters. The first-order valence-corrected chi connectivity index (χ1v) is 9.05. The molecule has 0 aliphatic rings. The van der Waals surface area contributed by atoms with Gasteiger partial charge in [0.25, 0.3) is 0 Å². The van der Waals surface area contributed by atoms with Gasteiger partial charge in [-0.25, -0.2) is 9.37 Å². The molecule has 128 valence electrons. The van der Waals surface area contributed by atoms with E-state index >= 15 is 0 Å². The molecule has 3 nitrogen and oxygen atoms in total. The summed E-state index contributed by atoms with van der Waals surface area (Å²) in [6.45, 7) is 0. The van der Waals surface area contributed by atoms with Crippen molar-refractivity contribution in [2.24, 2.45) is 0 Å². The fourth-order valence-corrected chi connectivity index (χ4v) is 3.58. The monoisotopic (exact) mass is 362 g/mol. The first-order valence-electron chi connectivity index (χ1n) is 8.17. The number of thiazole rings is 1. The van der Waals surface area contributed by atoms with E-state index in [0.717, 1.165) is 27.6 Å². The van der Waals surface area contributed by atoms with Crippen LogP contribution in [0.15, 0.2) is 72.1 Å². The molecule has 0 aliphatic carbocycles. The first kappa shape index (κ1) is 16.4. The van der Waals surface area contributed by atoms with Crippen molar-refractivity contribution in [2.75, 3.05) is 5.32 Å². The largest absolute Gasteiger partial charge is 0.302 e. The van der Waals surface area contributed by atoms with Crippen LogP contribution >= 0.6 is 11.3 Å². The van der Waals surface area contributed by atoms with Crippen LogP contribution in [0.3, 0.4) is 0 Å². The van der Waals surface area contributed by atoms with Crippen molar-refractivity contribution in [1.29, 1.82) is 0 Å². The van der Waals surface area contributed by atoms with Crippen LogP contribution in [0.4, 0.5) is 9.52 Å². The number of fused-ring (bicyclic) bond motifs is 1. The summed E-state index contributed by atoms with van der Waals surface area (Å²) < 4.78 is 12.9. The number of hydrogen-bond acceptors (Lipinski definition) is 3. The number of carbonyl (C=O) groups excluding carboxylic acids is 1. The number of halogens is 1. The van der Waals surface area contributed by atoms with Gasteiger partial charge in [-0.15, -0.1) is 11.3 Å². The molecule has 0 saturated heterocycles. The second-order valence-corrected chi connectivity index (χ2v) is 6.77. The number of nitrogens with one attached hydrogen (secondary N) is 1. The minimum absolute atomic E-state index is 0.171. The lowest BCUT2D eigenvalue weighted by Crippen LogP contribution is -2.14. The number of anilines is 1. The maximum absolute atomic E-state index is 12.9. The van der Waals surface area contributed by atoms with Gasteiger partial charge in [0.15, 0.2) is 5.13 Å². The van der Waals surface area contributed by atoms with Crippen LogP contribution in [-0.4, -0.2) is 10.9 Å². The first-order chi connectivity index (χ1) is 12.7. The zero-order valence-electron chi connectivity index (χ0n) is 13.8. The topological polar surface area (TPSA) is 42.0 Å². The van der Waals surface area contributed by atoms with Gasteiger partial charge in [-0.05, 0) is 28.5 Å². The van der Waals surface area contributed by atoms with Crippen molar-refractivity contribution in [3.63, 3.8) is 0 Å². The smallest absolute Gasteiger partial charge is 0.230 e. The highest BCUT2D eigenvalue weighted by molar-refractivity contribution is 7.14. The van der Waals surface area contributed by atoms with Gasteiger partial charge in [-0.1, -0.05) is 54.6 Å². The standard InChI is InChI=1S/C21H15FN2OS/c22-16-10-8-14(9-11-16)12-20(25)24-21-23-19(13-26-21)18-7-3-5-15-4-1-2-6-17(15)18/h1-11,13H,12H2,(H,23,24,25). The van der Waals surface area contributed by atoms with Gasteiger partial charge in [-0.2, -0.15) is 0 Å². The van der Waals surface area contributed by atoms with Crippen molar-refractivity contribution in [2.45, 2.75) is 6.42 Å². The molecule has 0 saturated carbocycles. The Hall–Kier alpha value is -3.05. The van der Waals surface area contributed by atoms with Crippen LogP contribution < -0.4 is 5.32 Å². The molecule has 26 heavy (non-hydrogen) atoms.